The number of hydrogen-bond acceptors (Lipinski definition) is 4. The molecule has 2 aliphatic carbocycles. The second-order valence-electron chi connectivity index (χ2n) is 6.59. The van der Waals surface area contributed by atoms with E-state index in [0.29, 0.717) is 12.0 Å². The first kappa shape index (κ1) is 12.8. The van der Waals surface area contributed by atoms with Crippen LogP contribution in [0.2, 0.25) is 0 Å². The quantitative estimate of drug-likeness (QED) is 0.786. The van der Waals surface area contributed by atoms with E-state index in [1.54, 1.807) is 11.3 Å². The summed E-state index contributed by atoms with van der Waals surface area (Å²) in [6.07, 6.45) is 11.7. The molecule has 108 valence electrons. The van der Waals surface area contributed by atoms with Crippen molar-refractivity contribution in [3.8, 4) is 0 Å². The molecule has 0 radical (unpaired) electrons. The highest BCUT2D eigenvalue weighted by Crippen LogP contribution is 2.45. The lowest BCUT2D eigenvalue weighted by Gasteiger charge is -2.29. The summed E-state index contributed by atoms with van der Waals surface area (Å²) in [5, 5.41) is 1.13. The molecule has 2 heterocycles. The molecule has 0 aromatic carbocycles. The zero-order chi connectivity index (χ0) is 13.5. The third-order valence-electron chi connectivity index (χ3n) is 5.23. The fraction of sp³-hybridized carbons (Fsp3) is 0.750. The van der Waals surface area contributed by atoms with Gasteiger partial charge in [-0.25, -0.2) is 4.98 Å². The summed E-state index contributed by atoms with van der Waals surface area (Å²) in [5.41, 5.74) is 1.09. The highest BCUT2D eigenvalue weighted by Gasteiger charge is 2.36. The Morgan fingerprint density at radius 3 is 2.60 bits per heavy atom. The van der Waals surface area contributed by atoms with Crippen LogP contribution in [0.5, 0.6) is 0 Å². The molecule has 0 bridgehead atoms. The van der Waals surface area contributed by atoms with Gasteiger partial charge in [0.15, 0.2) is 11.4 Å². The minimum atomic E-state index is 0.577. The Bertz CT molecular complexity index is 503. The Hall–Kier alpha value is -0.900. The summed E-state index contributed by atoms with van der Waals surface area (Å²) in [6.45, 7) is 1.14. The molecule has 3 aliphatic rings. The van der Waals surface area contributed by atoms with Crippen LogP contribution in [0.25, 0.3) is 0 Å². The number of aldehydes is 1. The predicted molar refractivity (Wildman–Crippen MR) is 81.8 cm³/mol. The Morgan fingerprint density at radius 1 is 1.10 bits per heavy atom. The second-order valence-corrected chi connectivity index (χ2v) is 7.59. The molecule has 3 fully saturated rings. The van der Waals surface area contributed by atoms with E-state index in [-0.39, 0.29) is 0 Å². The highest BCUT2D eigenvalue weighted by molar-refractivity contribution is 7.17. The normalized spacial score (nSPS) is 27.4. The molecular formula is C16H22N2OS. The molecule has 0 spiro atoms. The van der Waals surface area contributed by atoms with E-state index in [2.05, 4.69) is 4.90 Å². The molecular weight excluding hydrogens is 268 g/mol. The van der Waals surface area contributed by atoms with Crippen molar-refractivity contribution in [3.05, 3.63) is 10.6 Å². The third kappa shape index (κ3) is 2.18. The van der Waals surface area contributed by atoms with E-state index in [0.717, 1.165) is 34.5 Å². The van der Waals surface area contributed by atoms with Crippen molar-refractivity contribution in [2.24, 2.45) is 5.92 Å². The Morgan fingerprint density at radius 2 is 1.90 bits per heavy atom. The van der Waals surface area contributed by atoms with E-state index < -0.39 is 0 Å². The molecule has 3 nitrogen and oxygen atoms in total. The standard InChI is InChI=1S/C16H22N2OS/c19-10-14-15(12-7-8-12)17-16(20-14)18-9-3-6-13(18)11-4-1-2-5-11/h10-13H,1-9H2. The van der Waals surface area contributed by atoms with Gasteiger partial charge in [-0.3, -0.25) is 4.79 Å². The van der Waals surface area contributed by atoms with Crippen LogP contribution in [-0.2, 0) is 0 Å². The zero-order valence-corrected chi connectivity index (χ0v) is 12.7. The van der Waals surface area contributed by atoms with Crippen LogP contribution in [0.15, 0.2) is 0 Å². The fourth-order valence-corrected chi connectivity index (χ4v) is 5.10. The molecule has 1 unspecified atom stereocenters. The van der Waals surface area contributed by atoms with Gasteiger partial charge in [-0.2, -0.15) is 0 Å². The van der Waals surface area contributed by atoms with Gasteiger partial charge in [0.25, 0.3) is 0 Å². The Labute approximate surface area is 124 Å². The minimum absolute atomic E-state index is 0.577. The van der Waals surface area contributed by atoms with E-state index >= 15 is 0 Å². The molecule has 1 aliphatic heterocycles. The summed E-state index contributed by atoms with van der Waals surface area (Å²) in [7, 11) is 0. The minimum Gasteiger partial charge on any atom is -0.345 e. The van der Waals surface area contributed by atoms with Crippen molar-refractivity contribution < 1.29 is 4.79 Å². The first-order valence-corrected chi connectivity index (χ1v) is 8.91. The van der Waals surface area contributed by atoms with Gasteiger partial charge < -0.3 is 4.90 Å². The summed E-state index contributed by atoms with van der Waals surface area (Å²) in [4.78, 5) is 19.6. The van der Waals surface area contributed by atoms with Gasteiger partial charge in [-0.1, -0.05) is 24.2 Å². The SMILES string of the molecule is O=Cc1sc(N2CCCC2C2CCCC2)nc1C1CC1. The monoisotopic (exact) mass is 290 g/mol. The maximum atomic E-state index is 11.3. The molecule has 4 heteroatoms. The fourth-order valence-electron chi connectivity index (χ4n) is 4.05. The number of nitrogens with zero attached hydrogens (tertiary/aromatic N) is 2. The molecule has 0 amide bonds. The molecule has 20 heavy (non-hydrogen) atoms. The molecule has 1 atom stereocenters. The van der Waals surface area contributed by atoms with Crippen molar-refractivity contribution >= 4 is 22.8 Å². The number of aromatic nitrogens is 1. The van der Waals surface area contributed by atoms with Gasteiger partial charge in [0.05, 0.1) is 10.6 Å². The van der Waals surface area contributed by atoms with Gasteiger partial charge in [0.2, 0.25) is 0 Å². The number of hydrogen-bond donors (Lipinski definition) is 0. The molecule has 0 N–H and O–H groups in total. The summed E-state index contributed by atoms with van der Waals surface area (Å²) >= 11 is 1.63. The van der Waals surface area contributed by atoms with Crippen molar-refractivity contribution in [3.63, 3.8) is 0 Å². The molecule has 1 saturated heterocycles. The zero-order valence-electron chi connectivity index (χ0n) is 11.9. The average molecular weight is 290 g/mol. The summed E-state index contributed by atoms with van der Waals surface area (Å²) in [5.74, 6) is 1.44. The van der Waals surface area contributed by atoms with Gasteiger partial charge in [-0.05, 0) is 44.4 Å². The Kier molecular flexibility index (Phi) is 3.29. The van der Waals surface area contributed by atoms with Crippen LogP contribution in [0.3, 0.4) is 0 Å². The van der Waals surface area contributed by atoms with Crippen molar-refractivity contribution in [1.82, 2.24) is 4.98 Å². The van der Waals surface area contributed by atoms with Crippen LogP contribution in [0.1, 0.15) is 72.7 Å². The third-order valence-corrected chi connectivity index (χ3v) is 6.26. The number of rotatable bonds is 4. The number of carbonyl (C=O) groups is 1. The van der Waals surface area contributed by atoms with E-state index in [1.165, 1.54) is 51.4 Å². The second kappa shape index (κ2) is 5.14. The van der Waals surface area contributed by atoms with Crippen molar-refractivity contribution in [1.29, 1.82) is 0 Å². The van der Waals surface area contributed by atoms with Gasteiger partial charge in [0, 0.05) is 18.5 Å². The molecule has 1 aromatic rings. The first-order valence-electron chi connectivity index (χ1n) is 8.09. The topological polar surface area (TPSA) is 33.2 Å². The lowest BCUT2D eigenvalue weighted by molar-refractivity contribution is 0.112. The molecule has 4 rings (SSSR count). The van der Waals surface area contributed by atoms with E-state index in [9.17, 15) is 4.79 Å². The predicted octanol–water partition coefficient (Wildman–Crippen LogP) is 3.99. The molecule has 1 aromatic heterocycles. The largest absolute Gasteiger partial charge is 0.345 e. The number of anilines is 1. The lowest BCUT2D eigenvalue weighted by Crippen LogP contribution is -2.34. The van der Waals surface area contributed by atoms with Crippen molar-refractivity contribution in [2.75, 3.05) is 11.4 Å². The van der Waals surface area contributed by atoms with E-state index in [4.69, 9.17) is 4.98 Å². The van der Waals surface area contributed by atoms with Crippen molar-refractivity contribution in [2.45, 2.75) is 63.3 Å². The van der Waals surface area contributed by atoms with Gasteiger partial charge >= 0.3 is 0 Å². The van der Waals surface area contributed by atoms with Crippen LogP contribution >= 0.6 is 11.3 Å². The van der Waals surface area contributed by atoms with Crippen LogP contribution in [0, 0.1) is 5.92 Å². The lowest BCUT2D eigenvalue weighted by atomic mass is 9.96. The van der Waals surface area contributed by atoms with Gasteiger partial charge in [-0.15, -0.1) is 0 Å². The van der Waals surface area contributed by atoms with Crippen LogP contribution in [0.4, 0.5) is 5.13 Å². The highest BCUT2D eigenvalue weighted by atomic mass is 32.1. The number of carbonyl (C=O) groups excluding carboxylic acids is 1. The summed E-state index contributed by atoms with van der Waals surface area (Å²) < 4.78 is 0. The first-order chi connectivity index (χ1) is 9.86. The smallest absolute Gasteiger partial charge is 0.186 e. The van der Waals surface area contributed by atoms with Crippen LogP contribution < -0.4 is 4.90 Å². The Balaban J connectivity index is 1.60. The average Bonchev–Trinajstić information content (AvgIpc) is 2.92. The van der Waals surface area contributed by atoms with Gasteiger partial charge in [0.1, 0.15) is 0 Å². The van der Waals surface area contributed by atoms with Crippen LogP contribution in [-0.4, -0.2) is 23.9 Å². The maximum absolute atomic E-state index is 11.3. The van der Waals surface area contributed by atoms with E-state index in [1.807, 2.05) is 0 Å². The number of thiazole rings is 1. The molecule has 2 saturated carbocycles. The summed E-state index contributed by atoms with van der Waals surface area (Å²) in [6, 6.07) is 0.690. The maximum Gasteiger partial charge on any atom is 0.186 e.